The van der Waals surface area contributed by atoms with Crippen molar-refractivity contribution in [3.8, 4) is 5.75 Å². The molecule has 2 aromatic heterocycles. The molecule has 8 nitrogen and oxygen atoms in total. The monoisotopic (exact) mass is 391 g/mol. The number of rotatable bonds is 6. The van der Waals surface area contributed by atoms with Gasteiger partial charge in [-0.05, 0) is 31.4 Å². The first-order valence-electron chi connectivity index (χ1n) is 9.77. The number of nitrogens with zero attached hydrogens (tertiary/aromatic N) is 3. The van der Waals surface area contributed by atoms with Crippen molar-refractivity contribution in [1.29, 1.82) is 0 Å². The number of hydrogen-bond donors (Lipinski definition) is 2. The maximum Gasteiger partial charge on any atom is 0.228 e. The minimum atomic E-state index is -0.0314. The summed E-state index contributed by atoms with van der Waals surface area (Å²) < 4.78 is 7.91. The SMILES string of the molecule is COc1c(Nc2cc(NC(=O)C3CC3)ncc2C=O)ccc2nc3n(c12)CCC3. The maximum absolute atomic E-state index is 12.1. The van der Waals surface area contributed by atoms with Gasteiger partial charge in [-0.2, -0.15) is 0 Å². The summed E-state index contributed by atoms with van der Waals surface area (Å²) in [5.74, 6) is 2.21. The van der Waals surface area contributed by atoms with E-state index in [1.165, 1.54) is 6.20 Å². The molecule has 0 bridgehead atoms. The van der Waals surface area contributed by atoms with Gasteiger partial charge in [-0.3, -0.25) is 9.59 Å². The third-order valence-corrected chi connectivity index (χ3v) is 5.46. The summed E-state index contributed by atoms with van der Waals surface area (Å²) in [5, 5.41) is 6.10. The van der Waals surface area contributed by atoms with E-state index in [-0.39, 0.29) is 11.8 Å². The highest BCUT2D eigenvalue weighted by Crippen LogP contribution is 2.38. The van der Waals surface area contributed by atoms with Crippen molar-refractivity contribution in [2.24, 2.45) is 5.92 Å². The fraction of sp³-hybridized carbons (Fsp3) is 0.333. The highest BCUT2D eigenvalue weighted by molar-refractivity contribution is 5.96. The van der Waals surface area contributed by atoms with E-state index < -0.39 is 0 Å². The Labute approximate surface area is 167 Å². The van der Waals surface area contributed by atoms with Gasteiger partial charge in [0, 0.05) is 31.1 Å². The second-order valence-corrected chi connectivity index (χ2v) is 7.46. The second kappa shape index (κ2) is 6.88. The van der Waals surface area contributed by atoms with Gasteiger partial charge >= 0.3 is 0 Å². The number of aromatic nitrogens is 3. The molecule has 0 radical (unpaired) electrons. The van der Waals surface area contributed by atoms with E-state index in [1.807, 2.05) is 12.1 Å². The fourth-order valence-electron chi connectivity index (χ4n) is 3.83. The zero-order valence-corrected chi connectivity index (χ0v) is 16.1. The minimum absolute atomic E-state index is 0.0314. The molecule has 148 valence electrons. The molecule has 0 saturated heterocycles. The number of imidazole rings is 1. The van der Waals surface area contributed by atoms with E-state index in [0.29, 0.717) is 22.8 Å². The van der Waals surface area contributed by atoms with Gasteiger partial charge in [-0.25, -0.2) is 9.97 Å². The number of fused-ring (bicyclic) bond motifs is 3. The van der Waals surface area contributed by atoms with Crippen LogP contribution >= 0.6 is 0 Å². The van der Waals surface area contributed by atoms with Crippen molar-refractivity contribution in [2.75, 3.05) is 17.7 Å². The number of benzene rings is 1. The average molecular weight is 391 g/mol. The number of pyridine rings is 1. The largest absolute Gasteiger partial charge is 0.492 e. The van der Waals surface area contributed by atoms with Crippen LogP contribution in [0.3, 0.4) is 0 Å². The quantitative estimate of drug-likeness (QED) is 0.626. The predicted octanol–water partition coefficient (Wildman–Crippen LogP) is 3.29. The number of carbonyl (C=O) groups is 2. The lowest BCUT2D eigenvalue weighted by molar-refractivity contribution is -0.117. The van der Waals surface area contributed by atoms with Crippen molar-refractivity contribution < 1.29 is 14.3 Å². The van der Waals surface area contributed by atoms with E-state index >= 15 is 0 Å². The number of methoxy groups -OCH3 is 1. The summed E-state index contributed by atoms with van der Waals surface area (Å²) in [6, 6.07) is 5.51. The summed E-state index contributed by atoms with van der Waals surface area (Å²) >= 11 is 0. The Balaban J connectivity index is 1.52. The summed E-state index contributed by atoms with van der Waals surface area (Å²) in [5.41, 5.74) is 3.53. The Morgan fingerprint density at radius 2 is 2.17 bits per heavy atom. The standard InChI is InChI=1S/C21H21N5O3/c1-29-20-15(7-6-14-19(20)26-8-2-3-18(26)24-14)23-16-9-17(22-10-13(16)11-27)25-21(28)12-4-5-12/h6-7,9-12H,2-5,8H2,1H3,(H2,22,23,25,28). The predicted molar refractivity (Wildman–Crippen MR) is 109 cm³/mol. The molecule has 1 aliphatic heterocycles. The molecule has 0 unspecified atom stereocenters. The van der Waals surface area contributed by atoms with Gasteiger partial charge in [0.2, 0.25) is 5.91 Å². The molecule has 8 heteroatoms. The molecule has 2 aliphatic rings. The highest BCUT2D eigenvalue weighted by Gasteiger charge is 2.30. The lowest BCUT2D eigenvalue weighted by Gasteiger charge is -2.15. The third-order valence-electron chi connectivity index (χ3n) is 5.46. The highest BCUT2D eigenvalue weighted by atomic mass is 16.5. The zero-order valence-electron chi connectivity index (χ0n) is 16.1. The molecular weight excluding hydrogens is 370 g/mol. The molecule has 1 saturated carbocycles. The van der Waals surface area contributed by atoms with Crippen LogP contribution in [-0.2, 0) is 17.8 Å². The molecule has 3 aromatic rings. The second-order valence-electron chi connectivity index (χ2n) is 7.46. The lowest BCUT2D eigenvalue weighted by atomic mass is 10.2. The van der Waals surface area contributed by atoms with Crippen LogP contribution < -0.4 is 15.4 Å². The van der Waals surface area contributed by atoms with Crippen molar-refractivity contribution in [2.45, 2.75) is 32.2 Å². The first kappa shape index (κ1) is 17.7. The lowest BCUT2D eigenvalue weighted by Crippen LogP contribution is -2.14. The number of amides is 1. The molecule has 0 spiro atoms. The molecule has 0 atom stereocenters. The van der Waals surface area contributed by atoms with Crippen LogP contribution in [0.1, 0.15) is 35.4 Å². The van der Waals surface area contributed by atoms with Crippen LogP contribution in [0.15, 0.2) is 24.4 Å². The summed E-state index contributed by atoms with van der Waals surface area (Å²) in [7, 11) is 1.63. The number of aldehydes is 1. The Hall–Kier alpha value is -3.42. The molecule has 1 aromatic carbocycles. The topological polar surface area (TPSA) is 98.1 Å². The molecule has 1 fully saturated rings. The van der Waals surface area contributed by atoms with E-state index in [4.69, 9.17) is 9.72 Å². The summed E-state index contributed by atoms with van der Waals surface area (Å²) in [6.07, 6.45) is 6.06. The summed E-state index contributed by atoms with van der Waals surface area (Å²) in [6.45, 7) is 0.915. The van der Waals surface area contributed by atoms with Crippen LogP contribution in [0.5, 0.6) is 5.75 Å². The molecule has 1 aliphatic carbocycles. The van der Waals surface area contributed by atoms with Crippen LogP contribution in [0.25, 0.3) is 11.0 Å². The Kier molecular flexibility index (Phi) is 4.19. The minimum Gasteiger partial charge on any atom is -0.492 e. The maximum atomic E-state index is 12.1. The number of hydrogen-bond acceptors (Lipinski definition) is 6. The van der Waals surface area contributed by atoms with Gasteiger partial charge in [-0.15, -0.1) is 0 Å². The number of anilines is 3. The van der Waals surface area contributed by atoms with E-state index in [2.05, 4.69) is 20.2 Å². The van der Waals surface area contributed by atoms with Gasteiger partial charge in [0.05, 0.1) is 29.6 Å². The van der Waals surface area contributed by atoms with Crippen LogP contribution in [0.2, 0.25) is 0 Å². The Morgan fingerprint density at radius 3 is 2.93 bits per heavy atom. The first-order valence-corrected chi connectivity index (χ1v) is 9.77. The summed E-state index contributed by atoms with van der Waals surface area (Å²) in [4.78, 5) is 32.5. The van der Waals surface area contributed by atoms with Gasteiger partial charge in [0.15, 0.2) is 12.0 Å². The fourth-order valence-corrected chi connectivity index (χ4v) is 3.83. The van der Waals surface area contributed by atoms with Crippen molar-refractivity contribution in [3.63, 3.8) is 0 Å². The van der Waals surface area contributed by atoms with Crippen molar-refractivity contribution >= 4 is 40.4 Å². The van der Waals surface area contributed by atoms with E-state index in [1.54, 1.807) is 13.2 Å². The molecule has 2 N–H and O–H groups in total. The molecule has 3 heterocycles. The first-order chi connectivity index (χ1) is 14.2. The Bertz CT molecular complexity index is 1130. The van der Waals surface area contributed by atoms with E-state index in [9.17, 15) is 9.59 Å². The van der Waals surface area contributed by atoms with Crippen LogP contribution in [0.4, 0.5) is 17.2 Å². The molecule has 29 heavy (non-hydrogen) atoms. The van der Waals surface area contributed by atoms with Gasteiger partial charge < -0.3 is 19.9 Å². The number of carbonyl (C=O) groups excluding carboxylic acids is 2. The van der Waals surface area contributed by atoms with E-state index in [0.717, 1.165) is 61.1 Å². The van der Waals surface area contributed by atoms with Gasteiger partial charge in [0.25, 0.3) is 0 Å². The smallest absolute Gasteiger partial charge is 0.228 e. The Morgan fingerprint density at radius 1 is 1.31 bits per heavy atom. The molecule has 5 rings (SSSR count). The van der Waals surface area contributed by atoms with Crippen LogP contribution in [0, 0.1) is 5.92 Å². The number of nitrogens with one attached hydrogen (secondary N) is 2. The zero-order chi connectivity index (χ0) is 20.0. The third kappa shape index (κ3) is 3.10. The van der Waals surface area contributed by atoms with Gasteiger partial charge in [-0.1, -0.05) is 0 Å². The average Bonchev–Trinajstić information content (AvgIpc) is 3.38. The normalized spacial score (nSPS) is 15.2. The van der Waals surface area contributed by atoms with Crippen molar-refractivity contribution in [1.82, 2.24) is 14.5 Å². The number of ether oxygens (including phenoxy) is 1. The van der Waals surface area contributed by atoms with Crippen molar-refractivity contribution in [3.05, 3.63) is 35.8 Å². The number of aryl methyl sites for hydroxylation is 2. The molecule has 1 amide bonds. The van der Waals surface area contributed by atoms with Gasteiger partial charge in [0.1, 0.15) is 17.2 Å². The molecular formula is C21H21N5O3. The van der Waals surface area contributed by atoms with Crippen LogP contribution in [-0.4, -0.2) is 33.8 Å².